The van der Waals surface area contributed by atoms with E-state index < -0.39 is 30.1 Å². The van der Waals surface area contributed by atoms with Gasteiger partial charge in [0.25, 0.3) is 0 Å². The molecule has 5 atom stereocenters. The van der Waals surface area contributed by atoms with Crippen molar-refractivity contribution in [2.24, 2.45) is 0 Å². The molecule has 10 nitrogen and oxygen atoms in total. The summed E-state index contributed by atoms with van der Waals surface area (Å²) in [6.07, 6.45) is 0.316. The van der Waals surface area contributed by atoms with Gasteiger partial charge in [0.2, 0.25) is 0 Å². The van der Waals surface area contributed by atoms with Gasteiger partial charge >= 0.3 is 0 Å². The highest BCUT2D eigenvalue weighted by Gasteiger charge is 2.62. The van der Waals surface area contributed by atoms with Crippen LogP contribution in [0.1, 0.15) is 11.8 Å². The lowest BCUT2D eigenvalue weighted by Gasteiger charge is -2.24. The van der Waals surface area contributed by atoms with Gasteiger partial charge in [-0.2, -0.15) is 0 Å². The molecule has 5 heterocycles. The molecule has 0 spiro atoms. The molecule has 2 saturated heterocycles. The fraction of sp³-hybridized carbons (Fsp3) is 0.318. The third-order valence-corrected chi connectivity index (χ3v) is 7.18. The molecule has 1 unspecified atom stereocenters. The van der Waals surface area contributed by atoms with Crippen LogP contribution in [0.2, 0.25) is 0 Å². The number of nitrogens with zero attached hydrogens (tertiary/aromatic N) is 4. The number of rotatable bonds is 3. The molecule has 0 aliphatic carbocycles. The van der Waals surface area contributed by atoms with Gasteiger partial charge in [-0.3, -0.25) is 0 Å². The predicted molar refractivity (Wildman–Crippen MR) is 124 cm³/mol. The molecule has 0 amide bonds. The molecule has 33 heavy (non-hydrogen) atoms. The molecule has 4 aromatic rings. The lowest BCUT2D eigenvalue weighted by atomic mass is 9.90. The number of hydrogen-bond donors (Lipinski definition) is 4. The first-order chi connectivity index (χ1) is 15.8. The molecule has 0 bridgehead atoms. The molecular weight excluding hydrogens is 492 g/mol. The lowest BCUT2D eigenvalue weighted by molar-refractivity contribution is -0.0891. The van der Waals surface area contributed by atoms with Crippen molar-refractivity contribution < 1.29 is 19.7 Å². The number of nitrogen functional groups attached to an aromatic ring is 2. The third kappa shape index (κ3) is 3.11. The van der Waals surface area contributed by atoms with Crippen molar-refractivity contribution in [3.63, 3.8) is 0 Å². The highest BCUT2D eigenvalue weighted by Crippen LogP contribution is 2.45. The third-order valence-electron chi connectivity index (χ3n) is 6.54. The molecule has 3 aromatic heterocycles. The van der Waals surface area contributed by atoms with Gasteiger partial charge in [0.1, 0.15) is 41.4 Å². The first kappa shape index (κ1) is 20.8. The molecule has 170 valence electrons. The molecule has 2 aliphatic rings. The monoisotopic (exact) mass is 512 g/mol. The number of aromatic nitrogens is 4. The van der Waals surface area contributed by atoms with Gasteiger partial charge < -0.3 is 35.7 Å². The Kier molecular flexibility index (Phi) is 4.61. The summed E-state index contributed by atoms with van der Waals surface area (Å²) in [7, 11) is 0. The van der Waals surface area contributed by atoms with Crippen LogP contribution in [-0.2, 0) is 15.9 Å². The van der Waals surface area contributed by atoms with E-state index in [0.717, 1.165) is 20.9 Å². The van der Waals surface area contributed by atoms with E-state index in [1.807, 2.05) is 24.3 Å². The van der Waals surface area contributed by atoms with Crippen LogP contribution in [0.4, 0.5) is 11.6 Å². The van der Waals surface area contributed by atoms with Crippen LogP contribution in [-0.4, -0.2) is 60.3 Å². The fourth-order valence-electron chi connectivity index (χ4n) is 4.80. The predicted octanol–water partition coefficient (Wildman–Crippen LogP) is 1.54. The van der Waals surface area contributed by atoms with Crippen molar-refractivity contribution in [2.75, 3.05) is 18.1 Å². The summed E-state index contributed by atoms with van der Waals surface area (Å²) in [6, 6.07) is 9.58. The Morgan fingerprint density at radius 3 is 2.88 bits per heavy atom. The molecule has 6 rings (SSSR count). The SMILES string of the molecule is Nc1nc2cc(CC3OC[C@@]4(O)[C@@H]3O[C@@H](n3ccc5c(N)ncnc53)[C@@H]4O)ccc2cc1Br. The standard InChI is InChI=1S/C22H21BrN6O4/c23-13-7-11-2-1-10(5-14(11)28-19(13)25)6-15-17-22(31,8-32-15)16(30)21(33-17)29-4-3-12-18(24)26-9-27-20(12)29/h1-5,7,9,15-17,21,30-31H,6,8H2,(H2,25,28)(H2,24,26,27)/t15?,16-,17+,21+,22-/m0/s1. The molecule has 2 aliphatic heterocycles. The van der Waals surface area contributed by atoms with Crippen molar-refractivity contribution in [3.05, 3.63) is 52.9 Å². The summed E-state index contributed by atoms with van der Waals surface area (Å²) < 4.78 is 14.5. The first-order valence-corrected chi connectivity index (χ1v) is 11.2. The number of nitrogens with two attached hydrogens (primary N) is 2. The van der Waals surface area contributed by atoms with E-state index >= 15 is 0 Å². The number of benzene rings is 1. The van der Waals surface area contributed by atoms with Crippen LogP contribution >= 0.6 is 15.9 Å². The Morgan fingerprint density at radius 2 is 2.03 bits per heavy atom. The highest BCUT2D eigenvalue weighted by atomic mass is 79.9. The van der Waals surface area contributed by atoms with E-state index in [9.17, 15) is 10.2 Å². The topological polar surface area (TPSA) is 155 Å². The van der Waals surface area contributed by atoms with Gasteiger partial charge in [0.15, 0.2) is 6.23 Å². The second-order valence-corrected chi connectivity index (χ2v) is 9.39. The quantitative estimate of drug-likeness (QED) is 0.319. The highest BCUT2D eigenvalue weighted by molar-refractivity contribution is 9.10. The van der Waals surface area contributed by atoms with Crippen LogP contribution < -0.4 is 11.5 Å². The number of ether oxygens (including phenoxy) is 2. The van der Waals surface area contributed by atoms with Gasteiger partial charge in [-0.15, -0.1) is 0 Å². The minimum Gasteiger partial charge on any atom is -0.385 e. The van der Waals surface area contributed by atoms with Crippen LogP contribution in [0.3, 0.4) is 0 Å². The van der Waals surface area contributed by atoms with E-state index in [1.54, 1.807) is 16.8 Å². The smallest absolute Gasteiger partial charge is 0.164 e. The van der Waals surface area contributed by atoms with Gasteiger partial charge in [-0.1, -0.05) is 12.1 Å². The van der Waals surface area contributed by atoms with Gasteiger partial charge in [-0.25, -0.2) is 15.0 Å². The van der Waals surface area contributed by atoms with E-state index in [0.29, 0.717) is 29.1 Å². The molecule has 0 saturated carbocycles. The van der Waals surface area contributed by atoms with Crippen molar-refractivity contribution in [3.8, 4) is 0 Å². The second kappa shape index (κ2) is 7.34. The van der Waals surface area contributed by atoms with Crippen LogP contribution in [0, 0.1) is 0 Å². The van der Waals surface area contributed by atoms with Gasteiger partial charge in [0.05, 0.1) is 28.1 Å². The number of fused-ring (bicyclic) bond motifs is 3. The zero-order valence-corrected chi connectivity index (χ0v) is 18.9. The van der Waals surface area contributed by atoms with Crippen molar-refractivity contribution in [2.45, 2.75) is 36.6 Å². The van der Waals surface area contributed by atoms with Crippen molar-refractivity contribution >= 4 is 49.5 Å². The zero-order chi connectivity index (χ0) is 22.9. The maximum atomic E-state index is 11.3. The van der Waals surface area contributed by atoms with E-state index in [2.05, 4.69) is 30.9 Å². The number of pyridine rings is 1. The molecule has 0 radical (unpaired) electrons. The summed E-state index contributed by atoms with van der Waals surface area (Å²) in [6.45, 7) is -0.0396. The normalized spacial score (nSPS) is 29.2. The molecule has 6 N–H and O–H groups in total. The van der Waals surface area contributed by atoms with Crippen LogP contribution in [0.15, 0.2) is 47.3 Å². The average molecular weight is 513 g/mol. The number of halogens is 1. The number of hydrogen-bond acceptors (Lipinski definition) is 9. The van der Waals surface area contributed by atoms with Crippen molar-refractivity contribution in [1.29, 1.82) is 0 Å². The zero-order valence-electron chi connectivity index (χ0n) is 17.3. The van der Waals surface area contributed by atoms with Crippen LogP contribution in [0.5, 0.6) is 0 Å². The maximum absolute atomic E-state index is 11.3. The Labute approximate surface area is 196 Å². The maximum Gasteiger partial charge on any atom is 0.164 e. The minimum atomic E-state index is -1.55. The summed E-state index contributed by atoms with van der Waals surface area (Å²) >= 11 is 3.40. The van der Waals surface area contributed by atoms with Crippen LogP contribution in [0.25, 0.3) is 21.9 Å². The Morgan fingerprint density at radius 1 is 1.18 bits per heavy atom. The Hall–Kier alpha value is -2.83. The molecular formula is C22H21BrN6O4. The summed E-state index contributed by atoms with van der Waals surface area (Å²) in [5.74, 6) is 0.753. The second-order valence-electron chi connectivity index (χ2n) is 8.54. The minimum absolute atomic E-state index is 0.0396. The molecule has 1 aromatic carbocycles. The number of aliphatic hydroxyl groups is 2. The van der Waals surface area contributed by atoms with Gasteiger partial charge in [-0.05, 0) is 39.7 Å². The summed E-state index contributed by atoms with van der Waals surface area (Å²) in [5, 5.41) is 23.9. The molecule has 11 heteroatoms. The number of anilines is 2. The molecule has 2 fully saturated rings. The largest absolute Gasteiger partial charge is 0.385 e. The lowest BCUT2D eigenvalue weighted by Crippen LogP contribution is -2.48. The van der Waals surface area contributed by atoms with E-state index in [1.165, 1.54) is 6.33 Å². The summed E-state index contributed by atoms with van der Waals surface area (Å²) in [5.41, 5.74) is 12.6. The van der Waals surface area contributed by atoms with Crippen molar-refractivity contribution in [1.82, 2.24) is 19.5 Å². The Balaban J connectivity index is 1.29. The Bertz CT molecular complexity index is 1400. The fourth-order valence-corrected chi connectivity index (χ4v) is 5.14. The van der Waals surface area contributed by atoms with Gasteiger partial charge in [0, 0.05) is 18.0 Å². The van der Waals surface area contributed by atoms with E-state index in [4.69, 9.17) is 20.9 Å². The van der Waals surface area contributed by atoms with E-state index in [-0.39, 0.29) is 6.61 Å². The number of aliphatic hydroxyl groups excluding tert-OH is 1. The first-order valence-electron chi connectivity index (χ1n) is 10.4. The summed E-state index contributed by atoms with van der Waals surface area (Å²) in [4.78, 5) is 12.7. The average Bonchev–Trinajstić information content (AvgIpc) is 3.42.